The maximum atomic E-state index is 13.7. The number of ketones is 2. The maximum absolute atomic E-state index is 13.7. The second-order valence-electron chi connectivity index (χ2n) is 8.89. The molecule has 0 radical (unpaired) electrons. The monoisotopic (exact) mass is 463 g/mol. The second kappa shape index (κ2) is 8.89. The van der Waals surface area contributed by atoms with Gasteiger partial charge in [0.25, 0.3) is 0 Å². The zero-order chi connectivity index (χ0) is 23.8. The minimum atomic E-state index is -0.975. The van der Waals surface area contributed by atoms with Crippen molar-refractivity contribution in [3.8, 4) is 11.8 Å². The van der Waals surface area contributed by atoms with Gasteiger partial charge in [0.15, 0.2) is 11.6 Å². The molecule has 2 atom stereocenters. The fourth-order valence-corrected chi connectivity index (χ4v) is 4.94. The minimum absolute atomic E-state index is 0.0135. The molecule has 1 aliphatic rings. The smallest absolute Gasteiger partial charge is 0.196 e. The Balaban J connectivity index is 1.58. The third kappa shape index (κ3) is 3.91. The molecule has 0 N–H and O–H groups in total. The van der Waals surface area contributed by atoms with Crippen LogP contribution in [0.15, 0.2) is 78.9 Å². The fourth-order valence-electron chi connectivity index (χ4n) is 4.65. The molecule has 1 heterocycles. The van der Waals surface area contributed by atoms with Crippen LogP contribution in [-0.2, 0) is 4.79 Å². The van der Waals surface area contributed by atoms with Gasteiger partial charge in [-0.25, -0.2) is 4.98 Å². The highest BCUT2D eigenvalue weighted by Crippen LogP contribution is 2.42. The number of pyridine rings is 1. The van der Waals surface area contributed by atoms with Crippen molar-refractivity contribution in [2.45, 2.75) is 25.7 Å². The second-order valence-corrected chi connectivity index (χ2v) is 9.30. The lowest BCUT2D eigenvalue weighted by molar-refractivity contribution is -0.122. The third-order valence-corrected chi connectivity index (χ3v) is 6.61. The number of halogens is 1. The lowest BCUT2D eigenvalue weighted by Gasteiger charge is -2.31. The number of fused-ring (bicyclic) bond motifs is 2. The predicted molar refractivity (Wildman–Crippen MR) is 135 cm³/mol. The highest BCUT2D eigenvalue weighted by Gasteiger charge is 2.44. The molecule has 0 fully saturated rings. The van der Waals surface area contributed by atoms with Gasteiger partial charge < -0.3 is 0 Å². The molecule has 3 nitrogen and oxygen atoms in total. The van der Waals surface area contributed by atoms with Crippen molar-refractivity contribution in [1.29, 1.82) is 0 Å². The molecule has 1 aliphatic carbocycles. The SMILES string of the molecule is CC(C)C1C(=O)C(c2ccc(C#Cc3ccccc3)cc2Cl)C(=O)c2nc3ccccc3cc21. The van der Waals surface area contributed by atoms with E-state index < -0.39 is 11.8 Å². The molecule has 3 aromatic carbocycles. The van der Waals surface area contributed by atoms with Crippen LogP contribution in [0, 0.1) is 17.8 Å². The predicted octanol–water partition coefficient (Wildman–Crippen LogP) is 6.58. The van der Waals surface area contributed by atoms with E-state index in [1.54, 1.807) is 12.1 Å². The topological polar surface area (TPSA) is 47.0 Å². The summed E-state index contributed by atoms with van der Waals surface area (Å²) in [5.74, 6) is 4.39. The molecule has 0 amide bonds. The van der Waals surface area contributed by atoms with Crippen molar-refractivity contribution in [2.75, 3.05) is 0 Å². The third-order valence-electron chi connectivity index (χ3n) is 6.28. The Morgan fingerprint density at radius 2 is 1.53 bits per heavy atom. The molecule has 0 aliphatic heterocycles. The van der Waals surface area contributed by atoms with Crippen LogP contribution in [0.25, 0.3) is 10.9 Å². The fraction of sp³-hybridized carbons (Fsp3) is 0.167. The first-order chi connectivity index (χ1) is 16.4. The van der Waals surface area contributed by atoms with Crippen LogP contribution in [0.2, 0.25) is 5.02 Å². The maximum Gasteiger partial charge on any atom is 0.196 e. The number of carbonyl (C=O) groups is 2. The average Bonchev–Trinajstić information content (AvgIpc) is 2.83. The molecule has 0 spiro atoms. The van der Waals surface area contributed by atoms with E-state index in [0.29, 0.717) is 21.8 Å². The van der Waals surface area contributed by atoms with E-state index in [1.165, 1.54) is 0 Å². The normalized spacial score (nSPS) is 17.4. The van der Waals surface area contributed by atoms with Crippen molar-refractivity contribution in [1.82, 2.24) is 4.98 Å². The standard InChI is InChI=1S/C30H22ClNO2/c1-18(2)26-23-17-21-10-6-7-11-25(21)32-28(23)30(34)27(29(26)33)22-15-14-20(16-24(22)31)13-12-19-8-4-3-5-9-19/h3-11,14-18,26-27H,1-2H3. The zero-order valence-electron chi connectivity index (χ0n) is 18.9. The van der Waals surface area contributed by atoms with Crippen LogP contribution < -0.4 is 0 Å². The number of benzene rings is 3. The molecule has 0 bridgehead atoms. The molecule has 4 heteroatoms. The molecule has 2 unspecified atom stereocenters. The lowest BCUT2D eigenvalue weighted by atomic mass is 9.70. The van der Waals surface area contributed by atoms with E-state index in [9.17, 15) is 9.59 Å². The van der Waals surface area contributed by atoms with E-state index in [-0.39, 0.29) is 17.5 Å². The van der Waals surface area contributed by atoms with Crippen LogP contribution in [0.1, 0.15) is 58.4 Å². The lowest BCUT2D eigenvalue weighted by Crippen LogP contribution is -2.36. The molecule has 34 heavy (non-hydrogen) atoms. The van der Waals surface area contributed by atoms with E-state index in [4.69, 9.17) is 11.6 Å². The minimum Gasteiger partial charge on any atom is -0.298 e. The van der Waals surface area contributed by atoms with Crippen molar-refractivity contribution in [2.24, 2.45) is 5.92 Å². The van der Waals surface area contributed by atoms with Crippen LogP contribution in [0.4, 0.5) is 0 Å². The Morgan fingerprint density at radius 1 is 0.824 bits per heavy atom. The first kappa shape index (κ1) is 22.1. The summed E-state index contributed by atoms with van der Waals surface area (Å²) in [6.07, 6.45) is 0. The van der Waals surface area contributed by atoms with Gasteiger partial charge in [-0.1, -0.05) is 79.8 Å². The van der Waals surface area contributed by atoms with Crippen LogP contribution in [0.3, 0.4) is 0 Å². The van der Waals surface area contributed by atoms with Crippen LogP contribution in [-0.4, -0.2) is 16.6 Å². The molecular formula is C30H22ClNO2. The van der Waals surface area contributed by atoms with Crippen LogP contribution >= 0.6 is 11.6 Å². The molecule has 166 valence electrons. The van der Waals surface area contributed by atoms with E-state index in [0.717, 1.165) is 22.0 Å². The Kier molecular flexibility index (Phi) is 5.77. The number of hydrogen-bond acceptors (Lipinski definition) is 3. The van der Waals surface area contributed by atoms with Crippen molar-refractivity contribution in [3.63, 3.8) is 0 Å². The van der Waals surface area contributed by atoms with E-state index in [1.807, 2.05) is 80.6 Å². The first-order valence-corrected chi connectivity index (χ1v) is 11.7. The van der Waals surface area contributed by atoms with Gasteiger partial charge in [-0.05, 0) is 53.4 Å². The molecule has 4 aromatic rings. The molecule has 0 saturated heterocycles. The Bertz CT molecular complexity index is 1500. The Hall–Kier alpha value is -3.74. The van der Waals surface area contributed by atoms with Crippen molar-refractivity contribution >= 4 is 34.1 Å². The van der Waals surface area contributed by atoms with Crippen molar-refractivity contribution in [3.05, 3.63) is 112 Å². The highest BCUT2D eigenvalue weighted by atomic mass is 35.5. The van der Waals surface area contributed by atoms with Gasteiger partial charge in [0.1, 0.15) is 11.6 Å². The molecular weight excluding hydrogens is 442 g/mol. The summed E-state index contributed by atoms with van der Waals surface area (Å²) in [6, 6.07) is 24.5. The van der Waals surface area contributed by atoms with Crippen molar-refractivity contribution < 1.29 is 9.59 Å². The first-order valence-electron chi connectivity index (χ1n) is 11.3. The van der Waals surface area contributed by atoms with Crippen LogP contribution in [0.5, 0.6) is 0 Å². The summed E-state index contributed by atoms with van der Waals surface area (Å²) >= 11 is 6.63. The summed E-state index contributed by atoms with van der Waals surface area (Å²) < 4.78 is 0. The number of aromatic nitrogens is 1. The van der Waals surface area contributed by atoms with Gasteiger partial charge >= 0.3 is 0 Å². The summed E-state index contributed by atoms with van der Waals surface area (Å²) in [4.78, 5) is 32.0. The largest absolute Gasteiger partial charge is 0.298 e. The summed E-state index contributed by atoms with van der Waals surface area (Å²) in [5.41, 5.74) is 3.94. The number of rotatable bonds is 2. The number of para-hydroxylation sites is 1. The summed E-state index contributed by atoms with van der Waals surface area (Å²) in [6.45, 7) is 4.00. The highest BCUT2D eigenvalue weighted by molar-refractivity contribution is 6.33. The molecule has 1 aromatic heterocycles. The van der Waals surface area contributed by atoms with E-state index >= 15 is 0 Å². The number of Topliss-reactive ketones (excluding diaryl/α,β-unsaturated/α-hetero) is 2. The number of carbonyl (C=O) groups excluding carboxylic acids is 2. The van der Waals surface area contributed by atoms with Gasteiger partial charge in [-0.3, -0.25) is 9.59 Å². The quantitative estimate of drug-likeness (QED) is 0.249. The van der Waals surface area contributed by atoms with E-state index in [2.05, 4.69) is 16.8 Å². The van der Waals surface area contributed by atoms with Gasteiger partial charge in [0.05, 0.1) is 5.52 Å². The zero-order valence-corrected chi connectivity index (χ0v) is 19.6. The van der Waals surface area contributed by atoms with Gasteiger partial charge in [-0.2, -0.15) is 0 Å². The molecule has 5 rings (SSSR count). The molecule has 0 saturated carbocycles. The average molecular weight is 464 g/mol. The Labute approximate surface area is 203 Å². The van der Waals surface area contributed by atoms with Gasteiger partial charge in [-0.15, -0.1) is 0 Å². The Morgan fingerprint density at radius 3 is 2.26 bits per heavy atom. The summed E-state index contributed by atoms with van der Waals surface area (Å²) in [7, 11) is 0. The number of nitrogens with zero attached hydrogens (tertiary/aromatic N) is 1. The van der Waals surface area contributed by atoms with Gasteiger partial charge in [0.2, 0.25) is 0 Å². The van der Waals surface area contributed by atoms with Gasteiger partial charge in [0, 0.05) is 27.5 Å². The summed E-state index contributed by atoms with van der Waals surface area (Å²) in [5, 5.41) is 1.28. The number of hydrogen-bond donors (Lipinski definition) is 0.